The summed E-state index contributed by atoms with van der Waals surface area (Å²) in [7, 11) is 0. The van der Waals surface area contributed by atoms with Gasteiger partial charge in [0.2, 0.25) is 0 Å². The summed E-state index contributed by atoms with van der Waals surface area (Å²) in [5, 5.41) is 0.836. The fourth-order valence-corrected chi connectivity index (χ4v) is 2.60. The van der Waals surface area contributed by atoms with Crippen molar-refractivity contribution in [1.82, 2.24) is 0 Å². The van der Waals surface area contributed by atoms with Crippen molar-refractivity contribution in [3.8, 4) is 0 Å². The number of ketones is 1. The molecule has 0 aliphatic rings. The van der Waals surface area contributed by atoms with Crippen molar-refractivity contribution in [1.29, 1.82) is 0 Å². The van der Waals surface area contributed by atoms with E-state index in [1.54, 1.807) is 24.3 Å². The van der Waals surface area contributed by atoms with E-state index in [0.29, 0.717) is 16.7 Å². The molecule has 0 atom stereocenters. The molecule has 110 valence electrons. The van der Waals surface area contributed by atoms with Crippen LogP contribution in [0.4, 0.5) is 0 Å². The third-order valence-electron chi connectivity index (χ3n) is 3.65. The summed E-state index contributed by atoms with van der Waals surface area (Å²) in [6.45, 7) is 2.05. The van der Waals surface area contributed by atoms with E-state index in [2.05, 4.69) is 6.92 Å². The molecule has 0 saturated heterocycles. The zero-order chi connectivity index (χ0) is 15.5. The molecule has 3 heteroatoms. The van der Waals surface area contributed by atoms with Gasteiger partial charge in [-0.1, -0.05) is 43.7 Å². The van der Waals surface area contributed by atoms with Crippen LogP contribution < -0.4 is 5.63 Å². The van der Waals surface area contributed by atoms with E-state index in [9.17, 15) is 9.59 Å². The predicted octanol–water partition coefficient (Wildman–Crippen LogP) is 3.98. The number of fused-ring (bicyclic) bond motifs is 1. The minimum Gasteiger partial charge on any atom is -0.423 e. The fraction of sp³-hybridized carbons (Fsp3) is 0.158. The first-order chi connectivity index (χ1) is 10.7. The van der Waals surface area contributed by atoms with Crippen LogP contribution >= 0.6 is 0 Å². The van der Waals surface area contributed by atoms with Gasteiger partial charge >= 0.3 is 5.63 Å². The highest BCUT2D eigenvalue weighted by Crippen LogP contribution is 2.21. The van der Waals surface area contributed by atoms with Gasteiger partial charge in [-0.15, -0.1) is 0 Å². The maximum Gasteiger partial charge on any atom is 0.336 e. The molecule has 0 N–H and O–H groups in total. The third kappa shape index (κ3) is 2.70. The molecule has 3 nitrogen and oxygen atoms in total. The van der Waals surface area contributed by atoms with Gasteiger partial charge in [0.05, 0.1) is 0 Å². The minimum absolute atomic E-state index is 0.0313. The highest BCUT2D eigenvalue weighted by Gasteiger charge is 2.12. The van der Waals surface area contributed by atoms with Crippen molar-refractivity contribution in [2.24, 2.45) is 0 Å². The van der Waals surface area contributed by atoms with Crippen LogP contribution in [0.15, 0.2) is 63.8 Å². The molecule has 3 aromatic rings. The molecule has 0 saturated carbocycles. The molecule has 2 aromatic carbocycles. The number of benzene rings is 2. The van der Waals surface area contributed by atoms with Crippen LogP contribution in [-0.2, 0) is 6.42 Å². The normalized spacial score (nSPS) is 10.8. The Balaban J connectivity index is 2.13. The topological polar surface area (TPSA) is 47.3 Å². The molecule has 22 heavy (non-hydrogen) atoms. The van der Waals surface area contributed by atoms with Crippen LogP contribution in [0.1, 0.15) is 34.8 Å². The SMILES string of the molecule is CCCc1cc(=O)oc2ccc(C(=O)c3ccccc3)cc12. The lowest BCUT2D eigenvalue weighted by molar-refractivity contribution is 0.103. The van der Waals surface area contributed by atoms with Gasteiger partial charge in [-0.3, -0.25) is 4.79 Å². The summed E-state index contributed by atoms with van der Waals surface area (Å²) in [4.78, 5) is 24.1. The summed E-state index contributed by atoms with van der Waals surface area (Å²) in [6.07, 6.45) is 1.71. The van der Waals surface area contributed by atoms with Gasteiger partial charge in [0.1, 0.15) is 5.58 Å². The molecule has 0 bridgehead atoms. The second-order valence-corrected chi connectivity index (χ2v) is 5.25. The van der Waals surface area contributed by atoms with Crippen molar-refractivity contribution in [2.45, 2.75) is 19.8 Å². The van der Waals surface area contributed by atoms with Crippen molar-refractivity contribution in [3.63, 3.8) is 0 Å². The van der Waals surface area contributed by atoms with Crippen molar-refractivity contribution < 1.29 is 9.21 Å². The first-order valence-corrected chi connectivity index (χ1v) is 7.35. The quantitative estimate of drug-likeness (QED) is 0.540. The molecule has 0 aliphatic carbocycles. The maximum atomic E-state index is 12.5. The second-order valence-electron chi connectivity index (χ2n) is 5.25. The lowest BCUT2D eigenvalue weighted by Gasteiger charge is -2.06. The number of aryl methyl sites for hydroxylation is 1. The Morgan fingerprint density at radius 1 is 1.00 bits per heavy atom. The van der Waals surface area contributed by atoms with Crippen LogP contribution in [0.2, 0.25) is 0 Å². The first-order valence-electron chi connectivity index (χ1n) is 7.35. The van der Waals surface area contributed by atoms with Crippen LogP contribution in [0.5, 0.6) is 0 Å². The first kappa shape index (κ1) is 14.3. The van der Waals surface area contributed by atoms with E-state index in [-0.39, 0.29) is 11.4 Å². The van der Waals surface area contributed by atoms with Crippen LogP contribution in [0.3, 0.4) is 0 Å². The summed E-state index contributed by atoms with van der Waals surface area (Å²) in [6, 6.07) is 15.9. The Bertz CT molecular complexity index is 876. The van der Waals surface area contributed by atoms with E-state index in [4.69, 9.17) is 4.42 Å². The molecule has 0 unspecified atom stereocenters. The van der Waals surface area contributed by atoms with E-state index >= 15 is 0 Å². The van der Waals surface area contributed by atoms with Gasteiger partial charge in [0.25, 0.3) is 0 Å². The van der Waals surface area contributed by atoms with Gasteiger partial charge in [-0.25, -0.2) is 4.79 Å². The second kappa shape index (κ2) is 5.98. The van der Waals surface area contributed by atoms with Crippen LogP contribution in [0, 0.1) is 0 Å². The molecule has 0 radical (unpaired) electrons. The largest absolute Gasteiger partial charge is 0.423 e. The molecular formula is C19H16O3. The number of hydrogen-bond donors (Lipinski definition) is 0. The number of rotatable bonds is 4. The average Bonchev–Trinajstić information content (AvgIpc) is 2.55. The highest BCUT2D eigenvalue weighted by molar-refractivity contribution is 6.10. The van der Waals surface area contributed by atoms with Gasteiger partial charge in [0, 0.05) is 22.6 Å². The fourth-order valence-electron chi connectivity index (χ4n) is 2.60. The Morgan fingerprint density at radius 3 is 2.50 bits per heavy atom. The smallest absolute Gasteiger partial charge is 0.336 e. The summed E-state index contributed by atoms with van der Waals surface area (Å²) in [5.41, 5.74) is 2.36. The standard InChI is InChI=1S/C19H16O3/c1-2-6-14-12-18(20)22-17-10-9-15(11-16(14)17)19(21)13-7-4-3-5-8-13/h3-5,7-12H,2,6H2,1H3. The molecule has 0 amide bonds. The summed E-state index contributed by atoms with van der Waals surface area (Å²) in [5.74, 6) is -0.0313. The van der Waals surface area contributed by atoms with Crippen LogP contribution in [0.25, 0.3) is 11.0 Å². The summed E-state index contributed by atoms with van der Waals surface area (Å²) < 4.78 is 5.22. The van der Waals surface area contributed by atoms with Crippen molar-refractivity contribution in [2.75, 3.05) is 0 Å². The molecule has 0 fully saturated rings. The third-order valence-corrected chi connectivity index (χ3v) is 3.65. The zero-order valence-corrected chi connectivity index (χ0v) is 12.3. The van der Waals surface area contributed by atoms with E-state index in [0.717, 1.165) is 23.8 Å². The average molecular weight is 292 g/mol. The minimum atomic E-state index is -0.349. The van der Waals surface area contributed by atoms with Crippen LogP contribution in [-0.4, -0.2) is 5.78 Å². The van der Waals surface area contributed by atoms with Gasteiger partial charge in [-0.05, 0) is 30.2 Å². The van der Waals surface area contributed by atoms with Gasteiger partial charge < -0.3 is 4.42 Å². The Labute approximate surface area is 128 Å². The van der Waals surface area contributed by atoms with E-state index < -0.39 is 0 Å². The monoisotopic (exact) mass is 292 g/mol. The van der Waals surface area contributed by atoms with Gasteiger partial charge in [-0.2, -0.15) is 0 Å². The number of hydrogen-bond acceptors (Lipinski definition) is 3. The molecule has 1 heterocycles. The zero-order valence-electron chi connectivity index (χ0n) is 12.3. The Kier molecular flexibility index (Phi) is 3.88. The Morgan fingerprint density at radius 2 is 1.77 bits per heavy atom. The predicted molar refractivity (Wildman–Crippen MR) is 86.4 cm³/mol. The molecule has 0 aliphatic heterocycles. The molecule has 3 rings (SSSR count). The molecule has 0 spiro atoms. The lowest BCUT2D eigenvalue weighted by atomic mass is 9.99. The summed E-state index contributed by atoms with van der Waals surface area (Å²) >= 11 is 0. The molecule has 1 aromatic heterocycles. The molecular weight excluding hydrogens is 276 g/mol. The maximum absolute atomic E-state index is 12.5. The lowest BCUT2D eigenvalue weighted by Crippen LogP contribution is -2.04. The number of carbonyl (C=O) groups is 1. The Hall–Kier alpha value is -2.68. The highest BCUT2D eigenvalue weighted by atomic mass is 16.4. The van der Waals surface area contributed by atoms with Gasteiger partial charge in [0.15, 0.2) is 5.78 Å². The van der Waals surface area contributed by atoms with E-state index in [1.165, 1.54) is 6.07 Å². The van der Waals surface area contributed by atoms with Crippen molar-refractivity contribution in [3.05, 3.63) is 81.7 Å². The van der Waals surface area contributed by atoms with Crippen molar-refractivity contribution >= 4 is 16.8 Å². The van der Waals surface area contributed by atoms with E-state index in [1.807, 2.05) is 24.3 Å². The number of carbonyl (C=O) groups excluding carboxylic acids is 1.